The lowest BCUT2D eigenvalue weighted by Gasteiger charge is -2.24. The third-order valence-corrected chi connectivity index (χ3v) is 5.17. The number of benzene rings is 2. The van der Waals surface area contributed by atoms with E-state index in [4.69, 9.17) is 0 Å². The summed E-state index contributed by atoms with van der Waals surface area (Å²) in [5.41, 5.74) is 3.23. The molecule has 3 rings (SSSR count). The minimum absolute atomic E-state index is 0.114. The summed E-state index contributed by atoms with van der Waals surface area (Å²) in [5, 5.41) is 3.58. The third-order valence-electron chi connectivity index (χ3n) is 5.17. The summed E-state index contributed by atoms with van der Waals surface area (Å²) in [6, 6.07) is 11.4. The smallest absolute Gasteiger partial charge is 0.322 e. The van der Waals surface area contributed by atoms with Crippen molar-refractivity contribution in [2.24, 2.45) is 0 Å². The number of amides is 2. The van der Waals surface area contributed by atoms with Crippen LogP contribution in [0, 0.1) is 19.7 Å². The van der Waals surface area contributed by atoms with Gasteiger partial charge in [0.1, 0.15) is 5.82 Å². The van der Waals surface area contributed by atoms with Gasteiger partial charge in [-0.3, -0.25) is 4.79 Å². The predicted molar refractivity (Wildman–Crippen MR) is 118 cm³/mol. The van der Waals surface area contributed by atoms with Gasteiger partial charge in [0.15, 0.2) is 0 Å². The van der Waals surface area contributed by atoms with Gasteiger partial charge >= 0.3 is 6.03 Å². The van der Waals surface area contributed by atoms with Crippen LogP contribution in [-0.2, 0) is 6.54 Å². The van der Waals surface area contributed by atoms with Gasteiger partial charge in [-0.25, -0.2) is 9.18 Å². The van der Waals surface area contributed by atoms with E-state index in [1.54, 1.807) is 17.0 Å². The number of carbonyl (C=O) groups excluding carboxylic acids is 1. The summed E-state index contributed by atoms with van der Waals surface area (Å²) in [7, 11) is 3.98. The summed E-state index contributed by atoms with van der Waals surface area (Å²) in [6.07, 6.45) is 0. The Morgan fingerprint density at radius 2 is 1.83 bits per heavy atom. The number of urea groups is 1. The number of hydrogen-bond acceptors (Lipinski definition) is 2. The Hall–Kier alpha value is -3.19. The van der Waals surface area contributed by atoms with E-state index < -0.39 is 11.8 Å². The highest BCUT2D eigenvalue weighted by molar-refractivity contribution is 5.89. The van der Waals surface area contributed by atoms with Crippen molar-refractivity contribution in [2.75, 3.05) is 32.5 Å². The Labute approximate surface area is 175 Å². The highest BCUT2D eigenvalue weighted by atomic mass is 19.1. The molecule has 0 radical (unpaired) electrons. The fourth-order valence-electron chi connectivity index (χ4n) is 3.31. The van der Waals surface area contributed by atoms with E-state index in [0.29, 0.717) is 18.7 Å². The second-order valence-electron chi connectivity index (χ2n) is 7.90. The van der Waals surface area contributed by atoms with E-state index in [1.165, 1.54) is 12.1 Å². The molecule has 0 saturated carbocycles. The summed E-state index contributed by atoms with van der Waals surface area (Å²) in [6.45, 7) is 5.18. The van der Waals surface area contributed by atoms with E-state index >= 15 is 0 Å². The quantitative estimate of drug-likeness (QED) is 0.583. The summed E-state index contributed by atoms with van der Waals surface area (Å²) in [4.78, 5) is 31.3. The lowest BCUT2D eigenvalue weighted by Crippen LogP contribution is -3.06. The number of para-hydroxylation sites is 1. The average Bonchev–Trinajstić information content (AvgIpc) is 2.70. The molecule has 0 saturated heterocycles. The van der Waals surface area contributed by atoms with Gasteiger partial charge < -0.3 is 20.1 Å². The van der Waals surface area contributed by atoms with Crippen LogP contribution in [-0.4, -0.2) is 43.1 Å². The molecular weight excluding hydrogens is 383 g/mol. The number of likely N-dealkylation sites (N-methyl/N-ethyl adjacent to an activating group) is 1. The zero-order valence-corrected chi connectivity index (χ0v) is 17.8. The highest BCUT2D eigenvalue weighted by Gasteiger charge is 2.19. The zero-order valence-electron chi connectivity index (χ0n) is 17.8. The minimum atomic E-state index is -0.501. The maximum absolute atomic E-state index is 14.0. The van der Waals surface area contributed by atoms with Gasteiger partial charge in [-0.15, -0.1) is 0 Å². The van der Waals surface area contributed by atoms with Crippen LogP contribution in [0.5, 0.6) is 0 Å². The molecule has 0 aliphatic rings. The average molecular weight is 412 g/mol. The molecule has 158 valence electrons. The number of pyridine rings is 1. The largest absolute Gasteiger partial charge is 0.338 e. The van der Waals surface area contributed by atoms with Gasteiger partial charge in [0, 0.05) is 10.9 Å². The van der Waals surface area contributed by atoms with Crippen molar-refractivity contribution in [2.45, 2.75) is 20.4 Å². The number of aromatic amines is 1. The fraction of sp³-hybridized carbons (Fsp3) is 0.304. The monoisotopic (exact) mass is 411 g/mol. The number of aryl methyl sites for hydroxylation is 2. The molecule has 3 N–H and O–H groups in total. The Kier molecular flexibility index (Phi) is 6.52. The van der Waals surface area contributed by atoms with E-state index in [9.17, 15) is 14.0 Å². The summed E-state index contributed by atoms with van der Waals surface area (Å²) >= 11 is 0. The number of hydrogen-bond donors (Lipinski definition) is 3. The maximum Gasteiger partial charge on any atom is 0.322 e. The number of anilines is 1. The van der Waals surface area contributed by atoms with Crippen molar-refractivity contribution in [1.82, 2.24) is 9.88 Å². The van der Waals surface area contributed by atoms with Crippen molar-refractivity contribution in [3.63, 3.8) is 0 Å². The number of nitrogens with zero attached hydrogens (tertiary/aromatic N) is 1. The van der Waals surface area contributed by atoms with E-state index in [-0.39, 0.29) is 17.8 Å². The predicted octanol–water partition coefficient (Wildman–Crippen LogP) is 2.46. The normalized spacial score (nSPS) is 11.1. The molecule has 0 aliphatic heterocycles. The highest BCUT2D eigenvalue weighted by Crippen LogP contribution is 2.20. The Balaban J connectivity index is 1.92. The maximum atomic E-state index is 14.0. The number of quaternary nitrogens is 1. The van der Waals surface area contributed by atoms with Crippen LogP contribution in [0.3, 0.4) is 0 Å². The molecule has 30 heavy (non-hydrogen) atoms. The molecule has 2 aromatic carbocycles. The Bertz CT molecular complexity index is 1120. The Morgan fingerprint density at radius 1 is 1.13 bits per heavy atom. The second-order valence-corrected chi connectivity index (χ2v) is 7.90. The van der Waals surface area contributed by atoms with Crippen LogP contribution in [0.4, 0.5) is 14.9 Å². The number of aromatic nitrogens is 1. The molecule has 0 unspecified atom stereocenters. The van der Waals surface area contributed by atoms with E-state index in [0.717, 1.165) is 26.9 Å². The third kappa shape index (κ3) is 4.86. The zero-order chi connectivity index (χ0) is 21.8. The molecule has 1 aromatic heterocycles. The number of nitrogens with one attached hydrogen (secondary N) is 3. The van der Waals surface area contributed by atoms with Crippen LogP contribution in [0.1, 0.15) is 16.7 Å². The molecule has 0 aliphatic carbocycles. The fourth-order valence-corrected chi connectivity index (χ4v) is 3.31. The van der Waals surface area contributed by atoms with Crippen molar-refractivity contribution in [3.05, 3.63) is 75.3 Å². The van der Waals surface area contributed by atoms with E-state index in [1.807, 2.05) is 46.1 Å². The number of halogens is 1. The molecule has 0 fully saturated rings. The van der Waals surface area contributed by atoms with Crippen LogP contribution in [0.2, 0.25) is 0 Å². The van der Waals surface area contributed by atoms with Gasteiger partial charge in [0.2, 0.25) is 0 Å². The van der Waals surface area contributed by atoms with Gasteiger partial charge in [-0.05, 0) is 43.2 Å². The topological polar surface area (TPSA) is 69.6 Å². The van der Waals surface area contributed by atoms with Crippen LogP contribution in [0.15, 0.2) is 47.3 Å². The van der Waals surface area contributed by atoms with Crippen molar-refractivity contribution in [1.29, 1.82) is 0 Å². The van der Waals surface area contributed by atoms with Crippen LogP contribution in [0.25, 0.3) is 10.9 Å². The van der Waals surface area contributed by atoms with Gasteiger partial charge in [0.05, 0.1) is 44.9 Å². The molecule has 3 aromatic rings. The van der Waals surface area contributed by atoms with Crippen molar-refractivity contribution >= 4 is 22.6 Å². The summed E-state index contributed by atoms with van der Waals surface area (Å²) in [5.74, 6) is -0.501. The minimum Gasteiger partial charge on any atom is -0.338 e. The molecule has 0 atom stereocenters. The standard InChI is InChI=1S/C23H27FN4O2/c1-15-9-10-16(2)21-18(15)13-17(22(29)26-21)14-28(12-11-27(3)4)23(30)25-20-8-6-5-7-19(20)24/h5-10,13H,11-12,14H2,1-4H3,(H,25,30)(H,26,29)/p+1. The molecule has 1 heterocycles. The number of rotatable bonds is 6. The number of H-pyrrole nitrogens is 1. The van der Waals surface area contributed by atoms with Gasteiger partial charge in [-0.1, -0.05) is 24.3 Å². The first kappa shape index (κ1) is 21.5. The molecule has 7 heteroatoms. The van der Waals surface area contributed by atoms with Crippen LogP contribution >= 0.6 is 0 Å². The first-order chi connectivity index (χ1) is 14.3. The molecule has 2 amide bonds. The second kappa shape index (κ2) is 9.09. The first-order valence-electron chi connectivity index (χ1n) is 9.98. The van der Waals surface area contributed by atoms with Crippen LogP contribution < -0.4 is 15.8 Å². The SMILES string of the molecule is Cc1ccc(C)c2[nH]c(=O)c(CN(CC[NH+](C)C)C(=O)Nc3ccccc3F)cc12. The summed E-state index contributed by atoms with van der Waals surface area (Å²) < 4.78 is 14.0. The lowest BCUT2D eigenvalue weighted by atomic mass is 10.0. The van der Waals surface area contributed by atoms with Gasteiger partial charge in [0.25, 0.3) is 5.56 Å². The molecular formula is C23H28FN4O2+. The molecule has 0 spiro atoms. The number of carbonyl (C=O) groups is 1. The lowest BCUT2D eigenvalue weighted by molar-refractivity contribution is -0.857. The first-order valence-corrected chi connectivity index (χ1v) is 9.98. The van der Waals surface area contributed by atoms with E-state index in [2.05, 4.69) is 10.3 Å². The molecule has 0 bridgehead atoms. The van der Waals surface area contributed by atoms with Crippen molar-refractivity contribution < 1.29 is 14.1 Å². The molecule has 6 nitrogen and oxygen atoms in total. The van der Waals surface area contributed by atoms with Gasteiger partial charge in [-0.2, -0.15) is 0 Å². The van der Waals surface area contributed by atoms with Crippen molar-refractivity contribution in [3.8, 4) is 0 Å². The number of fused-ring (bicyclic) bond motifs is 1. The Morgan fingerprint density at radius 3 is 2.53 bits per heavy atom.